The summed E-state index contributed by atoms with van der Waals surface area (Å²) in [6.07, 6.45) is -4.64. The van der Waals surface area contributed by atoms with Gasteiger partial charge in [0.25, 0.3) is 5.91 Å². The number of anilines is 2. The zero-order valence-corrected chi connectivity index (χ0v) is 33.6. The number of fused-ring (bicyclic) bond motifs is 1. The second kappa shape index (κ2) is 17.2. The van der Waals surface area contributed by atoms with Gasteiger partial charge in [0.1, 0.15) is 18.2 Å². The Morgan fingerprint density at radius 1 is 1.02 bits per heavy atom. The van der Waals surface area contributed by atoms with E-state index in [0.29, 0.717) is 35.4 Å². The molecule has 3 aromatic carbocycles. The van der Waals surface area contributed by atoms with Crippen LogP contribution in [0.15, 0.2) is 66.7 Å². The maximum Gasteiger partial charge on any atom is 0.393 e. The summed E-state index contributed by atoms with van der Waals surface area (Å²) in [4.78, 5) is 18.7. The number of amides is 1. The number of aromatic nitrogens is 3. The summed E-state index contributed by atoms with van der Waals surface area (Å²) in [5.41, 5.74) is 0.396. The third-order valence-corrected chi connectivity index (χ3v) is 10.6. The Balaban J connectivity index is 1.56. The first-order valence-corrected chi connectivity index (χ1v) is 20.4. The molecule has 0 radical (unpaired) electrons. The van der Waals surface area contributed by atoms with Crippen LogP contribution < -0.4 is 24.8 Å². The SMILES string of the molecule is CCS(=O)(=O)Nc1ccc(OC)cc1CNc1nc(-c2cc(F)c(OCc3ccccc3)cc2CC(F)(F)F)cc2c1c(C(=O)NC(C)(C)C)nn2C1CCCCO1. The van der Waals surface area contributed by atoms with Crippen LogP contribution in [-0.4, -0.2) is 60.3 Å². The van der Waals surface area contributed by atoms with Crippen LogP contribution in [0.3, 0.4) is 0 Å². The molecule has 5 aromatic rings. The Morgan fingerprint density at radius 3 is 2.43 bits per heavy atom. The third-order valence-electron chi connectivity index (χ3n) is 9.29. The number of alkyl halides is 3. The number of benzene rings is 3. The quantitative estimate of drug-likeness (QED) is 0.0939. The van der Waals surface area contributed by atoms with Gasteiger partial charge in [0.2, 0.25) is 10.0 Å². The van der Waals surface area contributed by atoms with Crippen LogP contribution in [0.2, 0.25) is 0 Å². The average Bonchev–Trinajstić information content (AvgIpc) is 3.57. The van der Waals surface area contributed by atoms with Crippen molar-refractivity contribution in [2.75, 3.05) is 29.5 Å². The number of carbonyl (C=O) groups excluding carboxylic acids is 1. The molecule has 310 valence electrons. The minimum absolute atomic E-state index is 0.0171. The number of ether oxygens (including phenoxy) is 3. The molecule has 0 bridgehead atoms. The smallest absolute Gasteiger partial charge is 0.393 e. The summed E-state index contributed by atoms with van der Waals surface area (Å²) in [6.45, 7) is 7.12. The molecule has 1 atom stereocenters. The predicted molar refractivity (Wildman–Crippen MR) is 213 cm³/mol. The maximum absolute atomic E-state index is 15.9. The van der Waals surface area contributed by atoms with Gasteiger partial charge in [-0.2, -0.15) is 18.3 Å². The van der Waals surface area contributed by atoms with E-state index in [0.717, 1.165) is 25.0 Å². The van der Waals surface area contributed by atoms with Gasteiger partial charge >= 0.3 is 6.18 Å². The van der Waals surface area contributed by atoms with Gasteiger partial charge < -0.3 is 24.8 Å². The lowest BCUT2D eigenvalue weighted by molar-refractivity contribution is -0.127. The van der Waals surface area contributed by atoms with Gasteiger partial charge in [0.05, 0.1) is 41.6 Å². The van der Waals surface area contributed by atoms with Gasteiger partial charge in [0.15, 0.2) is 23.5 Å². The van der Waals surface area contributed by atoms with Crippen molar-refractivity contribution in [3.8, 4) is 22.8 Å². The zero-order valence-electron chi connectivity index (χ0n) is 32.8. The van der Waals surface area contributed by atoms with Crippen LogP contribution in [0.4, 0.5) is 29.1 Å². The summed E-state index contributed by atoms with van der Waals surface area (Å²) in [5.74, 6) is -1.59. The largest absolute Gasteiger partial charge is 0.497 e. The monoisotopic (exact) mass is 826 g/mol. The molecule has 6 rings (SSSR count). The molecule has 1 aliphatic heterocycles. The minimum Gasteiger partial charge on any atom is -0.497 e. The first-order valence-electron chi connectivity index (χ1n) is 18.8. The molecule has 0 aliphatic carbocycles. The van der Waals surface area contributed by atoms with Gasteiger partial charge in [-0.25, -0.2) is 22.5 Å². The highest BCUT2D eigenvalue weighted by Crippen LogP contribution is 2.39. The normalized spacial score (nSPS) is 14.9. The minimum atomic E-state index is -4.70. The molecule has 1 fully saturated rings. The van der Waals surface area contributed by atoms with E-state index in [1.54, 1.807) is 63.2 Å². The number of hydrogen-bond acceptors (Lipinski definition) is 9. The summed E-state index contributed by atoms with van der Waals surface area (Å²) in [5, 5.41) is 11.1. The molecular weight excluding hydrogens is 781 g/mol. The lowest BCUT2D eigenvalue weighted by Crippen LogP contribution is -2.41. The fourth-order valence-electron chi connectivity index (χ4n) is 6.52. The fraction of sp³-hybridized carbons (Fsp3) is 0.390. The number of hydrogen-bond donors (Lipinski definition) is 3. The van der Waals surface area contributed by atoms with E-state index < -0.39 is 46.1 Å². The molecular formula is C41H46F4N6O6S. The van der Waals surface area contributed by atoms with Crippen molar-refractivity contribution in [1.29, 1.82) is 0 Å². The Morgan fingerprint density at radius 2 is 1.78 bits per heavy atom. The second-order valence-electron chi connectivity index (χ2n) is 15.0. The van der Waals surface area contributed by atoms with Gasteiger partial charge in [-0.3, -0.25) is 9.52 Å². The lowest BCUT2D eigenvalue weighted by atomic mass is 9.99. The topological polar surface area (TPSA) is 146 Å². The van der Waals surface area contributed by atoms with Gasteiger partial charge in [-0.15, -0.1) is 0 Å². The van der Waals surface area contributed by atoms with Crippen LogP contribution in [0.25, 0.3) is 22.2 Å². The number of nitrogens with zero attached hydrogens (tertiary/aromatic N) is 3. The van der Waals surface area contributed by atoms with Crippen LogP contribution >= 0.6 is 0 Å². The molecule has 3 N–H and O–H groups in total. The van der Waals surface area contributed by atoms with Crippen LogP contribution in [0.5, 0.6) is 11.5 Å². The number of carbonyl (C=O) groups is 1. The van der Waals surface area contributed by atoms with Crippen molar-refractivity contribution >= 4 is 38.3 Å². The molecule has 0 saturated carbocycles. The maximum atomic E-state index is 15.9. The number of halogens is 4. The summed E-state index contributed by atoms with van der Waals surface area (Å²) in [7, 11) is -2.27. The molecule has 1 saturated heterocycles. The van der Waals surface area contributed by atoms with Crippen molar-refractivity contribution in [3.05, 3.63) is 94.9 Å². The van der Waals surface area contributed by atoms with E-state index in [9.17, 15) is 26.4 Å². The summed E-state index contributed by atoms with van der Waals surface area (Å²) in [6, 6.07) is 17.0. The van der Waals surface area contributed by atoms with E-state index in [2.05, 4.69) is 15.4 Å². The van der Waals surface area contributed by atoms with Crippen molar-refractivity contribution in [2.24, 2.45) is 0 Å². The molecule has 0 spiro atoms. The van der Waals surface area contributed by atoms with Crippen molar-refractivity contribution < 1.29 is 45.0 Å². The molecule has 1 amide bonds. The van der Waals surface area contributed by atoms with E-state index >= 15 is 4.39 Å². The Hall–Kier alpha value is -5.42. The lowest BCUT2D eigenvalue weighted by Gasteiger charge is -2.24. The molecule has 17 heteroatoms. The molecule has 12 nitrogen and oxygen atoms in total. The van der Waals surface area contributed by atoms with Gasteiger partial charge in [-0.05, 0) is 100 Å². The molecule has 1 unspecified atom stereocenters. The fourth-order valence-corrected chi connectivity index (χ4v) is 7.20. The number of nitrogens with one attached hydrogen (secondary N) is 3. The van der Waals surface area contributed by atoms with Crippen molar-refractivity contribution in [3.63, 3.8) is 0 Å². The predicted octanol–water partition coefficient (Wildman–Crippen LogP) is 8.53. The van der Waals surface area contributed by atoms with E-state index in [-0.39, 0.29) is 64.1 Å². The van der Waals surface area contributed by atoms with Crippen LogP contribution in [0, 0.1) is 5.82 Å². The van der Waals surface area contributed by atoms with E-state index in [1.165, 1.54) is 30.8 Å². The van der Waals surface area contributed by atoms with Crippen LogP contribution in [-0.2, 0) is 34.3 Å². The highest BCUT2D eigenvalue weighted by Gasteiger charge is 2.33. The number of rotatable bonds is 14. The van der Waals surface area contributed by atoms with Gasteiger partial charge in [-0.1, -0.05) is 30.3 Å². The molecule has 3 heterocycles. The Bertz CT molecular complexity index is 2380. The van der Waals surface area contributed by atoms with Crippen LogP contribution in [0.1, 0.15) is 80.4 Å². The second-order valence-corrected chi connectivity index (χ2v) is 17.0. The molecule has 2 aromatic heterocycles. The number of sulfonamides is 1. The highest BCUT2D eigenvalue weighted by atomic mass is 32.2. The number of pyridine rings is 1. The number of methoxy groups -OCH3 is 1. The Kier molecular flexibility index (Phi) is 12.5. The Labute approximate surface area is 334 Å². The molecule has 58 heavy (non-hydrogen) atoms. The average molecular weight is 827 g/mol. The summed E-state index contributed by atoms with van der Waals surface area (Å²) < 4.78 is 105. The van der Waals surface area contributed by atoms with E-state index in [1.807, 2.05) is 0 Å². The van der Waals surface area contributed by atoms with Crippen molar-refractivity contribution in [2.45, 2.75) is 84.5 Å². The van der Waals surface area contributed by atoms with Crippen molar-refractivity contribution in [1.82, 2.24) is 20.1 Å². The first-order chi connectivity index (χ1) is 27.4. The zero-order chi connectivity index (χ0) is 41.8. The first kappa shape index (κ1) is 42.2. The van der Waals surface area contributed by atoms with Gasteiger partial charge in [0, 0.05) is 24.3 Å². The standard InChI is InChI=1S/C41H46F4N6O6S/c1-6-58(53,54)50-31-16-15-28(55-5)18-27(31)23-46-38-36-33(51(35-14-10-11-17-56-35)49-37(36)39(52)48-40(2,3)4)21-32(47-38)29-20-30(42)34(19-26(29)22-41(43,44)45)57-24-25-12-8-7-9-13-25/h7-9,12-13,15-16,18-21,35,50H,6,10-11,14,17,22-24H2,1-5H3,(H,46,47)(H,48,52). The molecule has 1 aliphatic rings. The van der Waals surface area contributed by atoms with E-state index in [4.69, 9.17) is 24.3 Å². The highest BCUT2D eigenvalue weighted by molar-refractivity contribution is 7.92. The summed E-state index contributed by atoms with van der Waals surface area (Å²) >= 11 is 0. The third kappa shape index (κ3) is 10.4.